The summed E-state index contributed by atoms with van der Waals surface area (Å²) in [6, 6.07) is 2.37. The topological polar surface area (TPSA) is 29.9 Å². The van der Waals surface area contributed by atoms with Crippen molar-refractivity contribution in [1.82, 2.24) is 14.9 Å². The van der Waals surface area contributed by atoms with E-state index in [1.54, 1.807) is 6.33 Å². The molecule has 0 saturated heterocycles. The van der Waals surface area contributed by atoms with Gasteiger partial charge in [-0.3, -0.25) is 0 Å². The molecule has 0 bridgehead atoms. The highest BCUT2D eigenvalue weighted by atomic mass is 19.2. The maximum Gasteiger partial charge on any atom is 0.161 e. The number of rotatable bonds is 5. The summed E-state index contributed by atoms with van der Waals surface area (Å²) >= 11 is 0. The minimum absolute atomic E-state index is 0.501. The molecule has 1 N–H and O–H groups in total. The molecule has 1 heterocycles. The number of imidazole rings is 1. The highest BCUT2D eigenvalue weighted by Crippen LogP contribution is 2.22. The molecule has 1 aromatic carbocycles. The summed E-state index contributed by atoms with van der Waals surface area (Å²) in [7, 11) is 0. The Morgan fingerprint density at radius 3 is 2.71 bits per heavy atom. The molecular formula is C16H21F2N3. The lowest BCUT2D eigenvalue weighted by Crippen LogP contribution is -2.27. The van der Waals surface area contributed by atoms with Crippen LogP contribution in [0.4, 0.5) is 8.78 Å². The first-order valence-corrected chi connectivity index (χ1v) is 7.74. The van der Waals surface area contributed by atoms with Crippen LogP contribution >= 0.6 is 0 Å². The van der Waals surface area contributed by atoms with E-state index in [1.807, 2.05) is 4.57 Å². The molecule has 0 spiro atoms. The van der Waals surface area contributed by atoms with Crippen molar-refractivity contribution in [2.24, 2.45) is 5.92 Å². The van der Waals surface area contributed by atoms with Crippen molar-refractivity contribution in [2.75, 3.05) is 13.1 Å². The molecule has 2 aromatic rings. The average Bonchev–Trinajstić information content (AvgIpc) is 2.87. The Kier molecular flexibility index (Phi) is 4.48. The largest absolute Gasteiger partial charge is 0.329 e. The number of hydrogen-bond donors (Lipinski definition) is 1. The smallest absolute Gasteiger partial charge is 0.161 e. The van der Waals surface area contributed by atoms with Gasteiger partial charge in [0, 0.05) is 25.2 Å². The summed E-state index contributed by atoms with van der Waals surface area (Å²) in [4.78, 5) is 4.12. The number of benzene rings is 1. The van der Waals surface area contributed by atoms with Crippen LogP contribution in [-0.2, 0) is 6.54 Å². The third-order valence-corrected chi connectivity index (χ3v) is 4.35. The average molecular weight is 293 g/mol. The van der Waals surface area contributed by atoms with Crippen LogP contribution in [0.1, 0.15) is 32.1 Å². The van der Waals surface area contributed by atoms with Crippen molar-refractivity contribution < 1.29 is 8.78 Å². The van der Waals surface area contributed by atoms with E-state index in [1.165, 1.54) is 38.2 Å². The van der Waals surface area contributed by atoms with Gasteiger partial charge in [0.1, 0.15) is 0 Å². The van der Waals surface area contributed by atoms with E-state index in [4.69, 9.17) is 0 Å². The van der Waals surface area contributed by atoms with Crippen LogP contribution in [0.2, 0.25) is 0 Å². The first-order chi connectivity index (χ1) is 10.2. The fourth-order valence-electron chi connectivity index (χ4n) is 3.13. The fourth-order valence-corrected chi connectivity index (χ4v) is 3.13. The molecule has 3 nitrogen and oxygen atoms in total. The first-order valence-electron chi connectivity index (χ1n) is 7.74. The van der Waals surface area contributed by atoms with E-state index in [0.29, 0.717) is 17.6 Å². The monoisotopic (exact) mass is 293 g/mol. The first kappa shape index (κ1) is 14.4. The van der Waals surface area contributed by atoms with Crippen LogP contribution in [0.25, 0.3) is 11.0 Å². The molecule has 1 aliphatic carbocycles. The molecule has 1 saturated carbocycles. The van der Waals surface area contributed by atoms with Gasteiger partial charge in [0.15, 0.2) is 11.6 Å². The van der Waals surface area contributed by atoms with Crippen molar-refractivity contribution in [1.29, 1.82) is 0 Å². The molecule has 21 heavy (non-hydrogen) atoms. The zero-order chi connectivity index (χ0) is 14.7. The van der Waals surface area contributed by atoms with Gasteiger partial charge in [-0.1, -0.05) is 19.3 Å². The minimum Gasteiger partial charge on any atom is -0.329 e. The summed E-state index contributed by atoms with van der Waals surface area (Å²) in [5.74, 6) is -0.868. The Morgan fingerprint density at radius 1 is 1.14 bits per heavy atom. The SMILES string of the molecule is Fc1cc2ncn(CCNCC3CCCCC3)c2cc1F. The second kappa shape index (κ2) is 6.52. The lowest BCUT2D eigenvalue weighted by molar-refractivity contribution is 0.341. The number of aromatic nitrogens is 2. The van der Waals surface area contributed by atoms with Crippen LogP contribution in [0, 0.1) is 17.6 Å². The standard InChI is InChI=1S/C16H21F2N3/c17-13-8-15-16(9-14(13)18)21(11-20-15)7-6-19-10-12-4-2-1-3-5-12/h8-9,11-12,19H,1-7,10H2. The van der Waals surface area contributed by atoms with E-state index in [-0.39, 0.29) is 0 Å². The van der Waals surface area contributed by atoms with Crippen LogP contribution in [0.5, 0.6) is 0 Å². The van der Waals surface area contributed by atoms with Crippen LogP contribution in [0.3, 0.4) is 0 Å². The third kappa shape index (κ3) is 3.40. The van der Waals surface area contributed by atoms with E-state index < -0.39 is 11.6 Å². The van der Waals surface area contributed by atoms with E-state index in [0.717, 1.165) is 25.1 Å². The maximum absolute atomic E-state index is 13.3. The summed E-state index contributed by atoms with van der Waals surface area (Å²) in [5.41, 5.74) is 1.15. The Bertz CT molecular complexity index is 603. The van der Waals surface area contributed by atoms with Gasteiger partial charge in [-0.15, -0.1) is 0 Å². The molecule has 1 fully saturated rings. The number of fused-ring (bicyclic) bond motifs is 1. The zero-order valence-electron chi connectivity index (χ0n) is 12.1. The molecule has 0 atom stereocenters. The Balaban J connectivity index is 1.54. The van der Waals surface area contributed by atoms with E-state index >= 15 is 0 Å². The molecule has 1 aromatic heterocycles. The van der Waals surface area contributed by atoms with Crippen molar-refractivity contribution >= 4 is 11.0 Å². The highest BCUT2D eigenvalue weighted by molar-refractivity contribution is 5.75. The number of nitrogens with one attached hydrogen (secondary N) is 1. The molecule has 1 aliphatic rings. The van der Waals surface area contributed by atoms with Crippen LogP contribution < -0.4 is 5.32 Å². The van der Waals surface area contributed by atoms with Gasteiger partial charge in [0.05, 0.1) is 17.4 Å². The summed E-state index contributed by atoms with van der Waals surface area (Å²) < 4.78 is 28.3. The molecule has 3 rings (SSSR count). The van der Waals surface area contributed by atoms with Gasteiger partial charge >= 0.3 is 0 Å². The van der Waals surface area contributed by atoms with Crippen LogP contribution in [-0.4, -0.2) is 22.6 Å². The summed E-state index contributed by atoms with van der Waals surface area (Å²) in [6.45, 7) is 2.59. The molecule has 0 radical (unpaired) electrons. The molecule has 0 unspecified atom stereocenters. The van der Waals surface area contributed by atoms with Gasteiger partial charge in [0.25, 0.3) is 0 Å². The lowest BCUT2D eigenvalue weighted by Gasteiger charge is -2.21. The second-order valence-electron chi connectivity index (χ2n) is 5.90. The van der Waals surface area contributed by atoms with E-state index in [9.17, 15) is 8.78 Å². The quantitative estimate of drug-likeness (QED) is 0.855. The molecule has 0 amide bonds. The minimum atomic E-state index is -0.844. The Labute approximate surface area is 123 Å². The lowest BCUT2D eigenvalue weighted by atomic mass is 9.89. The van der Waals surface area contributed by atoms with Gasteiger partial charge < -0.3 is 9.88 Å². The highest BCUT2D eigenvalue weighted by Gasteiger charge is 2.13. The number of nitrogens with zero attached hydrogens (tertiary/aromatic N) is 2. The van der Waals surface area contributed by atoms with E-state index in [2.05, 4.69) is 10.3 Å². The molecule has 5 heteroatoms. The fraction of sp³-hybridized carbons (Fsp3) is 0.562. The Morgan fingerprint density at radius 2 is 1.90 bits per heavy atom. The molecular weight excluding hydrogens is 272 g/mol. The number of hydrogen-bond acceptors (Lipinski definition) is 2. The maximum atomic E-state index is 13.3. The van der Waals surface area contributed by atoms with Crippen LogP contribution in [0.15, 0.2) is 18.5 Å². The second-order valence-corrected chi connectivity index (χ2v) is 5.90. The van der Waals surface area contributed by atoms with Crippen molar-refractivity contribution in [3.05, 3.63) is 30.1 Å². The van der Waals surface area contributed by atoms with Gasteiger partial charge in [0.2, 0.25) is 0 Å². The number of halogens is 2. The van der Waals surface area contributed by atoms with Gasteiger partial charge in [-0.25, -0.2) is 13.8 Å². The van der Waals surface area contributed by atoms with Gasteiger partial charge in [-0.2, -0.15) is 0 Å². The van der Waals surface area contributed by atoms with Gasteiger partial charge in [-0.05, 0) is 25.3 Å². The zero-order valence-corrected chi connectivity index (χ0v) is 12.1. The molecule has 0 aliphatic heterocycles. The third-order valence-electron chi connectivity index (χ3n) is 4.35. The predicted octanol–water partition coefficient (Wildman–Crippen LogP) is 3.48. The summed E-state index contributed by atoms with van der Waals surface area (Å²) in [5, 5.41) is 3.47. The van der Waals surface area contributed by atoms with Crippen molar-refractivity contribution in [3.8, 4) is 0 Å². The Hall–Kier alpha value is -1.49. The van der Waals surface area contributed by atoms with Crippen molar-refractivity contribution in [2.45, 2.75) is 38.6 Å². The normalized spacial score (nSPS) is 16.7. The predicted molar refractivity (Wildman–Crippen MR) is 79.1 cm³/mol. The molecule has 114 valence electrons. The summed E-state index contributed by atoms with van der Waals surface area (Å²) in [6.07, 6.45) is 8.37. The van der Waals surface area contributed by atoms with Crippen molar-refractivity contribution in [3.63, 3.8) is 0 Å².